The number of likely N-dealkylation sites (tertiary alicyclic amines) is 1. The fraction of sp³-hybridized carbons (Fsp3) is 0.867. The molecule has 0 aromatic rings. The summed E-state index contributed by atoms with van der Waals surface area (Å²) in [5.74, 6) is 0. The molecular weight excluding hydrogens is 270 g/mol. The van der Waals surface area contributed by atoms with Crippen LogP contribution in [0.5, 0.6) is 0 Å². The standard InChI is InChI=1S/C15H27N3O3/c1-15(2,3)21-14(20)18-9-12(10-18)17-13(19)16-11-7-5-4-6-8-11/h11-12H,4-10H2,1-3H3,(H2,16,17,19). The van der Waals surface area contributed by atoms with Gasteiger partial charge >= 0.3 is 12.1 Å². The van der Waals surface area contributed by atoms with Crippen molar-refractivity contribution in [1.82, 2.24) is 15.5 Å². The molecule has 1 saturated carbocycles. The van der Waals surface area contributed by atoms with Crippen molar-refractivity contribution in [2.24, 2.45) is 0 Å². The van der Waals surface area contributed by atoms with Gasteiger partial charge in [0, 0.05) is 19.1 Å². The molecule has 2 fully saturated rings. The van der Waals surface area contributed by atoms with Gasteiger partial charge in [0.25, 0.3) is 0 Å². The van der Waals surface area contributed by atoms with Gasteiger partial charge in [-0.1, -0.05) is 19.3 Å². The summed E-state index contributed by atoms with van der Waals surface area (Å²) < 4.78 is 5.28. The van der Waals surface area contributed by atoms with Crippen LogP contribution < -0.4 is 10.6 Å². The number of hydrogen-bond donors (Lipinski definition) is 2. The first-order valence-corrected chi connectivity index (χ1v) is 7.88. The highest BCUT2D eigenvalue weighted by Crippen LogP contribution is 2.18. The topological polar surface area (TPSA) is 70.7 Å². The largest absolute Gasteiger partial charge is 0.444 e. The zero-order valence-corrected chi connectivity index (χ0v) is 13.3. The predicted octanol–water partition coefficient (Wildman–Crippen LogP) is 2.24. The molecule has 0 unspecified atom stereocenters. The molecule has 0 spiro atoms. The summed E-state index contributed by atoms with van der Waals surface area (Å²) in [6.45, 7) is 6.58. The van der Waals surface area contributed by atoms with E-state index in [2.05, 4.69) is 10.6 Å². The van der Waals surface area contributed by atoms with Crippen LogP contribution in [0.15, 0.2) is 0 Å². The van der Waals surface area contributed by atoms with Gasteiger partial charge in [0.05, 0.1) is 6.04 Å². The van der Waals surface area contributed by atoms with Crippen molar-refractivity contribution >= 4 is 12.1 Å². The monoisotopic (exact) mass is 297 g/mol. The van der Waals surface area contributed by atoms with Crippen molar-refractivity contribution in [3.8, 4) is 0 Å². The van der Waals surface area contributed by atoms with Crippen molar-refractivity contribution in [2.75, 3.05) is 13.1 Å². The van der Waals surface area contributed by atoms with Crippen LogP contribution in [-0.4, -0.2) is 47.8 Å². The molecular formula is C15H27N3O3. The zero-order chi connectivity index (χ0) is 15.5. The molecule has 0 aromatic heterocycles. The molecule has 1 heterocycles. The van der Waals surface area contributed by atoms with Crippen molar-refractivity contribution in [3.63, 3.8) is 0 Å². The summed E-state index contributed by atoms with van der Waals surface area (Å²) in [5, 5.41) is 5.93. The predicted molar refractivity (Wildman–Crippen MR) is 80.1 cm³/mol. The lowest BCUT2D eigenvalue weighted by molar-refractivity contribution is 0.00627. The lowest BCUT2D eigenvalue weighted by Gasteiger charge is -2.40. The minimum absolute atomic E-state index is 0.0288. The minimum atomic E-state index is -0.478. The third-order valence-corrected chi connectivity index (χ3v) is 3.81. The third-order valence-electron chi connectivity index (χ3n) is 3.81. The molecule has 0 aromatic carbocycles. The Bertz CT molecular complexity index is 380. The molecule has 6 nitrogen and oxygen atoms in total. The van der Waals surface area contributed by atoms with Crippen molar-refractivity contribution in [2.45, 2.75) is 70.6 Å². The van der Waals surface area contributed by atoms with Crippen LogP contribution >= 0.6 is 0 Å². The molecule has 1 aliphatic heterocycles. The van der Waals surface area contributed by atoms with Crippen LogP contribution in [-0.2, 0) is 4.74 Å². The molecule has 2 N–H and O–H groups in total. The Morgan fingerprint density at radius 1 is 1.00 bits per heavy atom. The van der Waals surface area contributed by atoms with Gasteiger partial charge in [-0.05, 0) is 33.6 Å². The fourth-order valence-corrected chi connectivity index (χ4v) is 2.70. The summed E-state index contributed by atoms with van der Waals surface area (Å²) in [6.07, 6.45) is 5.49. The Labute approximate surface area is 126 Å². The number of ether oxygens (including phenoxy) is 1. The van der Waals surface area contributed by atoms with Gasteiger partial charge in [-0.3, -0.25) is 0 Å². The highest BCUT2D eigenvalue weighted by Gasteiger charge is 2.34. The Morgan fingerprint density at radius 2 is 1.57 bits per heavy atom. The summed E-state index contributed by atoms with van der Waals surface area (Å²) in [5.41, 5.74) is -0.478. The first-order valence-electron chi connectivity index (χ1n) is 7.88. The maximum atomic E-state index is 11.9. The second-order valence-corrected chi connectivity index (χ2v) is 7.03. The maximum Gasteiger partial charge on any atom is 0.410 e. The second-order valence-electron chi connectivity index (χ2n) is 7.03. The molecule has 0 bridgehead atoms. The van der Waals surface area contributed by atoms with E-state index >= 15 is 0 Å². The first kappa shape index (κ1) is 15.9. The number of carbonyl (C=O) groups excluding carboxylic acids is 2. The molecule has 0 atom stereocenters. The van der Waals surface area contributed by atoms with Gasteiger partial charge in [0.15, 0.2) is 0 Å². The molecule has 0 radical (unpaired) electrons. The van der Waals surface area contributed by atoms with Gasteiger partial charge in [-0.2, -0.15) is 0 Å². The van der Waals surface area contributed by atoms with E-state index in [0.717, 1.165) is 12.8 Å². The number of urea groups is 1. The number of rotatable bonds is 2. The normalized spacial score (nSPS) is 20.6. The van der Waals surface area contributed by atoms with Gasteiger partial charge in [-0.25, -0.2) is 9.59 Å². The van der Waals surface area contributed by atoms with Crippen molar-refractivity contribution in [3.05, 3.63) is 0 Å². The van der Waals surface area contributed by atoms with E-state index < -0.39 is 5.60 Å². The van der Waals surface area contributed by atoms with Crippen LogP contribution in [0.25, 0.3) is 0 Å². The van der Waals surface area contributed by atoms with E-state index in [1.807, 2.05) is 20.8 Å². The quantitative estimate of drug-likeness (QED) is 0.821. The molecule has 120 valence electrons. The molecule has 2 rings (SSSR count). The molecule has 21 heavy (non-hydrogen) atoms. The molecule has 6 heteroatoms. The Hall–Kier alpha value is -1.46. The van der Waals surface area contributed by atoms with Crippen LogP contribution in [0.1, 0.15) is 52.9 Å². The highest BCUT2D eigenvalue weighted by atomic mass is 16.6. The summed E-state index contributed by atoms with van der Waals surface area (Å²) >= 11 is 0. The summed E-state index contributed by atoms with van der Waals surface area (Å²) in [6, 6.07) is 0.220. The number of hydrogen-bond acceptors (Lipinski definition) is 3. The van der Waals surface area contributed by atoms with Crippen LogP contribution in [0.4, 0.5) is 9.59 Å². The van der Waals surface area contributed by atoms with Gasteiger partial charge in [-0.15, -0.1) is 0 Å². The SMILES string of the molecule is CC(C)(C)OC(=O)N1CC(NC(=O)NC2CCCCC2)C1. The average molecular weight is 297 g/mol. The first-order chi connectivity index (χ1) is 9.83. The minimum Gasteiger partial charge on any atom is -0.444 e. The Morgan fingerprint density at radius 3 is 2.14 bits per heavy atom. The number of carbonyl (C=O) groups is 2. The smallest absolute Gasteiger partial charge is 0.410 e. The molecule has 2 aliphatic rings. The number of amides is 3. The van der Waals surface area contributed by atoms with Crippen molar-refractivity contribution < 1.29 is 14.3 Å². The average Bonchev–Trinajstić information content (AvgIpc) is 2.32. The lowest BCUT2D eigenvalue weighted by atomic mass is 9.96. The van der Waals surface area contributed by atoms with Crippen LogP contribution in [0.3, 0.4) is 0 Å². The molecule has 1 aliphatic carbocycles. The van der Waals surface area contributed by atoms with E-state index in [4.69, 9.17) is 4.74 Å². The fourth-order valence-electron chi connectivity index (χ4n) is 2.70. The maximum absolute atomic E-state index is 11.9. The zero-order valence-electron chi connectivity index (χ0n) is 13.3. The number of nitrogens with zero attached hydrogens (tertiary/aromatic N) is 1. The van der Waals surface area contributed by atoms with E-state index in [1.54, 1.807) is 4.90 Å². The molecule has 1 saturated heterocycles. The summed E-state index contributed by atoms with van der Waals surface area (Å²) in [4.78, 5) is 25.2. The molecule has 3 amide bonds. The Balaban J connectivity index is 1.63. The van der Waals surface area contributed by atoms with Crippen LogP contribution in [0.2, 0.25) is 0 Å². The van der Waals surface area contributed by atoms with Crippen molar-refractivity contribution in [1.29, 1.82) is 0 Å². The number of nitrogens with one attached hydrogen (secondary N) is 2. The third kappa shape index (κ3) is 5.10. The summed E-state index contributed by atoms with van der Waals surface area (Å²) in [7, 11) is 0. The van der Waals surface area contributed by atoms with Crippen LogP contribution in [0, 0.1) is 0 Å². The lowest BCUT2D eigenvalue weighted by Crippen LogP contribution is -2.63. The van der Waals surface area contributed by atoms with Gasteiger partial charge in [0.2, 0.25) is 0 Å². The highest BCUT2D eigenvalue weighted by molar-refractivity contribution is 5.75. The van der Waals surface area contributed by atoms with E-state index in [0.29, 0.717) is 19.1 Å². The van der Waals surface area contributed by atoms with E-state index in [9.17, 15) is 9.59 Å². The second kappa shape index (κ2) is 6.54. The van der Waals surface area contributed by atoms with Gasteiger partial charge < -0.3 is 20.3 Å². The Kier molecular flexibility index (Phi) is 4.96. The van der Waals surface area contributed by atoms with E-state index in [1.165, 1.54) is 19.3 Å². The van der Waals surface area contributed by atoms with E-state index in [-0.39, 0.29) is 18.2 Å². The van der Waals surface area contributed by atoms with Gasteiger partial charge in [0.1, 0.15) is 5.60 Å².